The number of hydrogen-bond acceptors (Lipinski definition) is 1. The van der Waals surface area contributed by atoms with E-state index in [9.17, 15) is 0 Å². The van der Waals surface area contributed by atoms with E-state index in [1.807, 2.05) is 12.1 Å². The molecule has 1 N–H and O–H groups in total. The lowest BCUT2D eigenvalue weighted by Crippen LogP contribution is -1.97. The summed E-state index contributed by atoms with van der Waals surface area (Å²) >= 11 is 0. The molecule has 0 radical (unpaired) electrons. The molecule has 0 amide bonds. The van der Waals surface area contributed by atoms with Gasteiger partial charge >= 0.3 is 0 Å². The number of allylic oxidation sites excluding steroid dienone is 1. The highest BCUT2D eigenvalue weighted by Gasteiger charge is 1.95. The van der Waals surface area contributed by atoms with Gasteiger partial charge in [-0.25, -0.2) is 0 Å². The van der Waals surface area contributed by atoms with Crippen molar-refractivity contribution in [3.63, 3.8) is 0 Å². The zero-order valence-corrected chi connectivity index (χ0v) is 7.72. The summed E-state index contributed by atoms with van der Waals surface area (Å²) in [5, 5.41) is 3.27. The Morgan fingerprint density at radius 3 is 2.67 bits per heavy atom. The number of benzene rings is 1. The van der Waals surface area contributed by atoms with Crippen LogP contribution in [0.5, 0.6) is 0 Å². The molecule has 1 heteroatoms. The van der Waals surface area contributed by atoms with Crippen LogP contribution in [-0.2, 0) is 0 Å². The normalized spacial score (nSPS) is 9.50. The Morgan fingerprint density at radius 1 is 1.42 bits per heavy atom. The van der Waals surface area contributed by atoms with Gasteiger partial charge in [-0.15, -0.1) is 0 Å². The van der Waals surface area contributed by atoms with E-state index in [2.05, 4.69) is 37.9 Å². The van der Waals surface area contributed by atoms with Gasteiger partial charge in [0.2, 0.25) is 0 Å². The molecule has 1 nitrogen and oxygen atoms in total. The van der Waals surface area contributed by atoms with Gasteiger partial charge < -0.3 is 5.32 Å². The van der Waals surface area contributed by atoms with Gasteiger partial charge in [0.05, 0.1) is 0 Å². The third-order valence-corrected chi connectivity index (χ3v) is 1.88. The van der Waals surface area contributed by atoms with Crippen molar-refractivity contribution in [1.29, 1.82) is 0 Å². The third kappa shape index (κ3) is 2.12. The summed E-state index contributed by atoms with van der Waals surface area (Å²) in [7, 11) is 0. The lowest BCUT2D eigenvalue weighted by Gasteiger charge is -2.09. The molecule has 12 heavy (non-hydrogen) atoms. The van der Waals surface area contributed by atoms with E-state index in [0.29, 0.717) is 0 Å². The molecule has 1 aromatic carbocycles. The van der Waals surface area contributed by atoms with E-state index in [1.54, 1.807) is 0 Å². The molecule has 64 valence electrons. The maximum Gasteiger partial charge on any atom is 0.0411 e. The van der Waals surface area contributed by atoms with Crippen LogP contribution in [0.2, 0.25) is 0 Å². The molecule has 0 heterocycles. The van der Waals surface area contributed by atoms with Crippen molar-refractivity contribution in [1.82, 2.24) is 0 Å². The Labute approximate surface area is 74.1 Å². The SMILES string of the molecule is C=C(CC)Nc1ccccc1C. The summed E-state index contributed by atoms with van der Waals surface area (Å²) in [6.45, 7) is 8.08. The van der Waals surface area contributed by atoms with Gasteiger partial charge in [-0.3, -0.25) is 0 Å². The Bertz CT molecular complexity index is 276. The Morgan fingerprint density at radius 2 is 2.08 bits per heavy atom. The molecular formula is C11H15N. The van der Waals surface area contributed by atoms with Gasteiger partial charge in [0.25, 0.3) is 0 Å². The van der Waals surface area contributed by atoms with Crippen LogP contribution in [0.4, 0.5) is 5.69 Å². The first-order valence-electron chi connectivity index (χ1n) is 4.24. The highest BCUT2D eigenvalue weighted by atomic mass is 14.9. The zero-order chi connectivity index (χ0) is 8.97. The fraction of sp³-hybridized carbons (Fsp3) is 0.273. The van der Waals surface area contributed by atoms with Crippen molar-refractivity contribution in [3.8, 4) is 0 Å². The molecule has 0 atom stereocenters. The summed E-state index contributed by atoms with van der Waals surface area (Å²) in [5.74, 6) is 0. The molecule has 0 aliphatic heterocycles. The number of para-hydroxylation sites is 1. The molecule has 0 spiro atoms. The summed E-state index contributed by atoms with van der Waals surface area (Å²) in [5.41, 5.74) is 3.47. The number of anilines is 1. The second-order valence-electron chi connectivity index (χ2n) is 2.90. The number of aryl methyl sites for hydroxylation is 1. The maximum atomic E-state index is 3.90. The van der Waals surface area contributed by atoms with Gasteiger partial charge in [0.1, 0.15) is 0 Å². The van der Waals surface area contributed by atoms with Crippen LogP contribution >= 0.6 is 0 Å². The topological polar surface area (TPSA) is 12.0 Å². The zero-order valence-electron chi connectivity index (χ0n) is 7.72. The number of nitrogens with one attached hydrogen (secondary N) is 1. The van der Waals surface area contributed by atoms with Crippen LogP contribution in [0.1, 0.15) is 18.9 Å². The second-order valence-corrected chi connectivity index (χ2v) is 2.90. The molecule has 0 fully saturated rings. The van der Waals surface area contributed by atoms with E-state index in [1.165, 1.54) is 5.56 Å². The molecule has 0 aliphatic rings. The van der Waals surface area contributed by atoms with Gasteiger partial charge in [0, 0.05) is 11.4 Å². The monoisotopic (exact) mass is 161 g/mol. The molecule has 0 aromatic heterocycles. The Hall–Kier alpha value is -1.24. The van der Waals surface area contributed by atoms with Crippen LogP contribution in [0.15, 0.2) is 36.5 Å². The number of hydrogen-bond donors (Lipinski definition) is 1. The third-order valence-electron chi connectivity index (χ3n) is 1.88. The van der Waals surface area contributed by atoms with Gasteiger partial charge in [0.15, 0.2) is 0 Å². The van der Waals surface area contributed by atoms with Gasteiger partial charge in [-0.1, -0.05) is 31.7 Å². The van der Waals surface area contributed by atoms with E-state index >= 15 is 0 Å². The maximum absolute atomic E-state index is 3.90. The van der Waals surface area contributed by atoms with Gasteiger partial charge in [-0.2, -0.15) is 0 Å². The summed E-state index contributed by atoms with van der Waals surface area (Å²) < 4.78 is 0. The van der Waals surface area contributed by atoms with Crippen molar-refractivity contribution >= 4 is 5.69 Å². The Kier molecular flexibility index (Phi) is 2.92. The largest absolute Gasteiger partial charge is 0.359 e. The highest BCUT2D eigenvalue weighted by Crippen LogP contribution is 2.15. The Balaban J connectivity index is 2.75. The fourth-order valence-electron chi connectivity index (χ4n) is 0.992. The molecule has 0 saturated carbocycles. The van der Waals surface area contributed by atoms with Crippen LogP contribution in [-0.4, -0.2) is 0 Å². The van der Waals surface area contributed by atoms with E-state index in [0.717, 1.165) is 17.8 Å². The van der Waals surface area contributed by atoms with Crippen molar-refractivity contribution in [2.75, 3.05) is 5.32 Å². The standard InChI is InChI=1S/C11H15N/c1-4-10(3)12-11-8-6-5-7-9(11)2/h5-8,12H,3-4H2,1-2H3. The lowest BCUT2D eigenvalue weighted by molar-refractivity contribution is 1.11. The first-order valence-corrected chi connectivity index (χ1v) is 4.24. The highest BCUT2D eigenvalue weighted by molar-refractivity contribution is 5.53. The smallest absolute Gasteiger partial charge is 0.0411 e. The van der Waals surface area contributed by atoms with Crippen LogP contribution in [0, 0.1) is 6.92 Å². The van der Waals surface area contributed by atoms with Gasteiger partial charge in [-0.05, 0) is 25.0 Å². The van der Waals surface area contributed by atoms with Crippen LogP contribution in [0.25, 0.3) is 0 Å². The molecule has 0 saturated heterocycles. The summed E-state index contributed by atoms with van der Waals surface area (Å²) in [4.78, 5) is 0. The van der Waals surface area contributed by atoms with Crippen molar-refractivity contribution in [2.24, 2.45) is 0 Å². The van der Waals surface area contributed by atoms with Crippen LogP contribution < -0.4 is 5.32 Å². The minimum atomic E-state index is 0.967. The number of rotatable bonds is 3. The molecule has 0 bridgehead atoms. The molecular weight excluding hydrogens is 146 g/mol. The minimum Gasteiger partial charge on any atom is -0.359 e. The van der Waals surface area contributed by atoms with Crippen LogP contribution in [0.3, 0.4) is 0 Å². The molecule has 1 rings (SSSR count). The molecule has 0 aliphatic carbocycles. The summed E-state index contributed by atoms with van der Waals surface area (Å²) in [6.07, 6.45) is 0.967. The van der Waals surface area contributed by atoms with E-state index in [-0.39, 0.29) is 0 Å². The first-order chi connectivity index (χ1) is 5.74. The predicted octanol–water partition coefficient (Wildman–Crippen LogP) is 3.33. The average Bonchev–Trinajstić information content (AvgIpc) is 2.09. The molecule has 1 aromatic rings. The average molecular weight is 161 g/mol. The van der Waals surface area contributed by atoms with Crippen molar-refractivity contribution < 1.29 is 0 Å². The van der Waals surface area contributed by atoms with Crippen molar-refractivity contribution in [2.45, 2.75) is 20.3 Å². The lowest BCUT2D eigenvalue weighted by atomic mass is 10.2. The first kappa shape index (κ1) is 8.85. The fourth-order valence-corrected chi connectivity index (χ4v) is 0.992. The van der Waals surface area contributed by atoms with E-state index < -0.39 is 0 Å². The minimum absolute atomic E-state index is 0.967. The van der Waals surface area contributed by atoms with E-state index in [4.69, 9.17) is 0 Å². The quantitative estimate of drug-likeness (QED) is 0.717. The summed E-state index contributed by atoms with van der Waals surface area (Å²) in [6, 6.07) is 8.22. The van der Waals surface area contributed by atoms with Crippen molar-refractivity contribution in [3.05, 3.63) is 42.1 Å². The molecule has 0 unspecified atom stereocenters. The second kappa shape index (κ2) is 3.96. The predicted molar refractivity (Wildman–Crippen MR) is 54.2 cm³/mol.